The quantitative estimate of drug-likeness (QED) is 0.342. The number of rotatable bonds is 4. The number of hydrogen-bond acceptors (Lipinski definition) is 3. The fraction of sp³-hybridized carbons (Fsp3) is 0.154. The van der Waals surface area contributed by atoms with Crippen LogP contribution in [0.2, 0.25) is 10.0 Å². The van der Waals surface area contributed by atoms with Gasteiger partial charge in [0.25, 0.3) is 5.91 Å². The average molecular weight is 484 g/mol. The molecule has 0 unspecified atom stereocenters. The highest BCUT2D eigenvalue weighted by Crippen LogP contribution is 2.25. The van der Waals surface area contributed by atoms with Crippen LogP contribution in [0.5, 0.6) is 5.75 Å². The molecule has 0 aliphatic rings. The van der Waals surface area contributed by atoms with Gasteiger partial charge in [0, 0.05) is 26.7 Å². The van der Waals surface area contributed by atoms with Crippen LogP contribution < -0.4 is 4.74 Å². The first-order valence-electron chi connectivity index (χ1n) is 10.2. The van der Waals surface area contributed by atoms with Gasteiger partial charge in [-0.3, -0.25) is 9.36 Å². The molecule has 0 aliphatic heterocycles. The molecule has 0 saturated heterocycles. The summed E-state index contributed by atoms with van der Waals surface area (Å²) < 4.78 is 6.93. The topological polar surface area (TPSA) is 68.5 Å². The van der Waals surface area contributed by atoms with E-state index >= 15 is 0 Å². The van der Waals surface area contributed by atoms with Gasteiger partial charge in [-0.05, 0) is 85.6 Å². The summed E-state index contributed by atoms with van der Waals surface area (Å²) in [5.74, 6) is -0.204. The normalized spacial score (nSPS) is 10.5. The van der Waals surface area contributed by atoms with Crippen LogP contribution in [0.4, 0.5) is 0 Å². The zero-order chi connectivity index (χ0) is 24.1. The van der Waals surface area contributed by atoms with Gasteiger partial charge in [0.05, 0.1) is 18.2 Å². The maximum absolute atomic E-state index is 12.7. The molecule has 3 aromatic carbocycles. The van der Waals surface area contributed by atoms with Crippen molar-refractivity contribution in [2.24, 2.45) is 0 Å². The molecule has 0 bridgehead atoms. The molecule has 1 N–H and O–H groups in total. The maximum atomic E-state index is 12.7. The molecule has 0 fully saturated rings. The molecule has 33 heavy (non-hydrogen) atoms. The molecule has 1 heterocycles. The number of benzene rings is 3. The second kappa shape index (κ2) is 10.6. The van der Waals surface area contributed by atoms with Gasteiger partial charge >= 0.3 is 5.97 Å². The molecule has 7 heteroatoms. The fourth-order valence-electron chi connectivity index (χ4n) is 3.43. The molecule has 0 amide bonds. The van der Waals surface area contributed by atoms with Gasteiger partial charge in [-0.15, -0.1) is 0 Å². The van der Waals surface area contributed by atoms with Crippen LogP contribution in [0.25, 0.3) is 10.9 Å². The number of methoxy groups -OCH3 is 1. The van der Waals surface area contributed by atoms with Crippen molar-refractivity contribution in [3.05, 3.63) is 99.2 Å². The van der Waals surface area contributed by atoms with E-state index in [9.17, 15) is 9.59 Å². The smallest absolute Gasteiger partial charge is 0.335 e. The second-order valence-electron chi connectivity index (χ2n) is 7.32. The molecule has 4 aromatic rings. The molecule has 4 rings (SSSR count). The van der Waals surface area contributed by atoms with Gasteiger partial charge in [0.2, 0.25) is 0 Å². The minimum absolute atomic E-state index is 0.0654. The Labute approximate surface area is 202 Å². The molecule has 1 aromatic heterocycles. The van der Waals surface area contributed by atoms with Crippen LogP contribution in [-0.2, 0) is 6.42 Å². The van der Waals surface area contributed by atoms with Gasteiger partial charge in [-0.25, -0.2) is 4.79 Å². The van der Waals surface area contributed by atoms with Crippen LogP contribution in [0.15, 0.2) is 66.7 Å². The zero-order valence-electron chi connectivity index (χ0n) is 18.4. The predicted octanol–water partition coefficient (Wildman–Crippen LogP) is 6.90. The monoisotopic (exact) mass is 483 g/mol. The van der Waals surface area contributed by atoms with Gasteiger partial charge in [-0.2, -0.15) is 0 Å². The first-order valence-corrected chi connectivity index (χ1v) is 11.0. The fourth-order valence-corrected chi connectivity index (χ4v) is 3.81. The Hall–Kier alpha value is -3.28. The number of hydrogen-bond donors (Lipinski definition) is 1. The predicted molar refractivity (Wildman–Crippen MR) is 132 cm³/mol. The summed E-state index contributed by atoms with van der Waals surface area (Å²) in [5.41, 5.74) is 3.52. The number of carbonyl (C=O) groups is 2. The largest absolute Gasteiger partial charge is 0.497 e. The first kappa shape index (κ1) is 24.4. The third-order valence-corrected chi connectivity index (χ3v) is 5.78. The van der Waals surface area contributed by atoms with E-state index in [0.29, 0.717) is 15.6 Å². The molecular formula is C26H23Cl2NO4. The van der Waals surface area contributed by atoms with E-state index in [1.54, 1.807) is 48.1 Å². The van der Waals surface area contributed by atoms with Crippen molar-refractivity contribution in [3.63, 3.8) is 0 Å². The lowest BCUT2D eigenvalue weighted by molar-refractivity contribution is 0.0696. The van der Waals surface area contributed by atoms with Crippen molar-refractivity contribution in [3.8, 4) is 5.75 Å². The third kappa shape index (κ3) is 5.56. The van der Waals surface area contributed by atoms with Crippen molar-refractivity contribution in [2.45, 2.75) is 20.3 Å². The summed E-state index contributed by atoms with van der Waals surface area (Å²) in [5, 5.41) is 10.9. The molecule has 0 spiro atoms. The Morgan fingerprint density at radius 3 is 2.21 bits per heavy atom. The second-order valence-corrected chi connectivity index (χ2v) is 8.17. The van der Waals surface area contributed by atoms with Crippen molar-refractivity contribution < 1.29 is 19.4 Å². The van der Waals surface area contributed by atoms with E-state index in [-0.39, 0.29) is 11.5 Å². The summed E-state index contributed by atoms with van der Waals surface area (Å²) in [7, 11) is 1.63. The lowest BCUT2D eigenvalue weighted by Crippen LogP contribution is -2.13. The standard InChI is InChI=1S/C17H14ClNO2.C9H9ClO2/c1-11-9-13-10-15(21-2)7-8-16(13)19(11)17(20)12-3-5-14(18)6-4-12;1-2-6-5-7(9(11)12)3-4-8(6)10/h3-10H,1-2H3;3-5H,2H2,1H3,(H,11,12). The SMILES string of the molecule is CCc1cc(C(=O)O)ccc1Cl.COc1ccc2c(c1)cc(C)n2C(=O)c1ccc(Cl)cc1. The van der Waals surface area contributed by atoms with Gasteiger partial charge in [0.1, 0.15) is 5.75 Å². The number of ether oxygens (including phenoxy) is 1. The number of aromatic carboxylic acids is 1. The van der Waals surface area contributed by atoms with Crippen molar-refractivity contribution >= 4 is 46.0 Å². The average Bonchev–Trinajstić information content (AvgIpc) is 3.14. The van der Waals surface area contributed by atoms with Gasteiger partial charge in [-0.1, -0.05) is 30.1 Å². The van der Waals surface area contributed by atoms with Crippen LogP contribution in [0.3, 0.4) is 0 Å². The van der Waals surface area contributed by atoms with Crippen molar-refractivity contribution in [1.29, 1.82) is 0 Å². The van der Waals surface area contributed by atoms with Crippen LogP contribution in [0.1, 0.15) is 38.9 Å². The van der Waals surface area contributed by atoms with Crippen LogP contribution >= 0.6 is 23.2 Å². The van der Waals surface area contributed by atoms with E-state index in [0.717, 1.165) is 34.3 Å². The molecule has 170 valence electrons. The summed E-state index contributed by atoms with van der Waals surface area (Å²) in [6.07, 6.45) is 0.750. The minimum Gasteiger partial charge on any atom is -0.497 e. The number of nitrogens with zero attached hydrogens (tertiary/aromatic N) is 1. The highest BCUT2D eigenvalue weighted by Gasteiger charge is 2.15. The van der Waals surface area contributed by atoms with Crippen molar-refractivity contribution in [1.82, 2.24) is 4.57 Å². The number of carbonyl (C=O) groups excluding carboxylic acids is 1. The number of aryl methyl sites for hydroxylation is 2. The Bertz CT molecular complexity index is 1310. The lowest BCUT2D eigenvalue weighted by atomic mass is 10.1. The maximum Gasteiger partial charge on any atom is 0.335 e. The summed E-state index contributed by atoms with van der Waals surface area (Å²) >= 11 is 11.7. The Kier molecular flexibility index (Phi) is 7.79. The summed E-state index contributed by atoms with van der Waals surface area (Å²) in [4.78, 5) is 23.2. The number of carboxylic acid groups (broad SMARTS) is 1. The molecule has 0 saturated carbocycles. The minimum atomic E-state index is -0.915. The first-order chi connectivity index (χ1) is 15.7. The highest BCUT2D eigenvalue weighted by molar-refractivity contribution is 6.31. The van der Waals surface area contributed by atoms with Gasteiger partial charge < -0.3 is 9.84 Å². The Morgan fingerprint density at radius 1 is 0.939 bits per heavy atom. The summed E-state index contributed by atoms with van der Waals surface area (Å²) in [6, 6.07) is 19.3. The lowest BCUT2D eigenvalue weighted by Gasteiger charge is -2.07. The third-order valence-electron chi connectivity index (χ3n) is 5.16. The molecule has 0 radical (unpaired) electrons. The van der Waals surface area contributed by atoms with Crippen LogP contribution in [0, 0.1) is 6.92 Å². The number of carboxylic acids is 1. The molecule has 5 nitrogen and oxygen atoms in total. The van der Waals surface area contributed by atoms with Crippen LogP contribution in [-0.4, -0.2) is 28.7 Å². The van der Waals surface area contributed by atoms with E-state index in [2.05, 4.69) is 0 Å². The van der Waals surface area contributed by atoms with Crippen molar-refractivity contribution in [2.75, 3.05) is 7.11 Å². The molecule has 0 aliphatic carbocycles. The Balaban J connectivity index is 0.000000218. The van der Waals surface area contributed by atoms with E-state index in [1.807, 2.05) is 38.1 Å². The van der Waals surface area contributed by atoms with E-state index in [1.165, 1.54) is 6.07 Å². The van der Waals surface area contributed by atoms with E-state index < -0.39 is 5.97 Å². The zero-order valence-corrected chi connectivity index (χ0v) is 19.9. The van der Waals surface area contributed by atoms with E-state index in [4.69, 9.17) is 33.0 Å². The number of aromatic nitrogens is 1. The number of halogens is 2. The van der Waals surface area contributed by atoms with Gasteiger partial charge in [0.15, 0.2) is 0 Å². The Morgan fingerprint density at radius 2 is 1.61 bits per heavy atom. The summed E-state index contributed by atoms with van der Waals surface area (Å²) in [6.45, 7) is 3.85. The molecule has 0 atom stereocenters. The molecular weight excluding hydrogens is 461 g/mol. The number of fused-ring (bicyclic) bond motifs is 1. The highest BCUT2D eigenvalue weighted by atomic mass is 35.5.